The lowest BCUT2D eigenvalue weighted by molar-refractivity contribution is 0.208. The first kappa shape index (κ1) is 29.0. The molecule has 1 aliphatic rings. The Morgan fingerprint density at radius 3 is 2.44 bits per heavy atom. The molecule has 1 fully saturated rings. The van der Waals surface area contributed by atoms with Crippen LogP contribution in [0, 0.1) is 11.8 Å². The second-order valence-electron chi connectivity index (χ2n) is 10.2. The van der Waals surface area contributed by atoms with Crippen LogP contribution in [0.4, 0.5) is 0 Å². The quantitative estimate of drug-likeness (QED) is 0.250. The highest BCUT2D eigenvalue weighted by atomic mass is 32.2. The molecule has 3 nitrogen and oxygen atoms in total. The van der Waals surface area contributed by atoms with E-state index in [0.29, 0.717) is 12.5 Å². The van der Waals surface area contributed by atoms with Crippen molar-refractivity contribution in [2.45, 2.75) is 70.0 Å². The smallest absolute Gasteiger partial charge is 0.161 e. The number of hydrogen-bond acceptors (Lipinski definition) is 5. The lowest BCUT2D eigenvalue weighted by atomic mass is 9.90. The van der Waals surface area contributed by atoms with Gasteiger partial charge in [0, 0.05) is 12.5 Å². The predicted molar refractivity (Wildman–Crippen MR) is 157 cm³/mol. The van der Waals surface area contributed by atoms with E-state index in [0.717, 1.165) is 29.9 Å². The van der Waals surface area contributed by atoms with Crippen LogP contribution in [0.25, 0.3) is 0 Å². The van der Waals surface area contributed by atoms with Gasteiger partial charge < -0.3 is 14.6 Å². The fourth-order valence-corrected chi connectivity index (χ4v) is 8.36. The second-order valence-corrected chi connectivity index (χ2v) is 13.3. The molecule has 1 heterocycles. The van der Waals surface area contributed by atoms with E-state index >= 15 is 0 Å². The zero-order chi connectivity index (χ0) is 25.8. The summed E-state index contributed by atoms with van der Waals surface area (Å²) in [6.07, 6.45) is 9.22. The van der Waals surface area contributed by atoms with E-state index in [1.165, 1.54) is 48.3 Å². The van der Waals surface area contributed by atoms with E-state index in [-0.39, 0.29) is 16.6 Å². The minimum absolute atomic E-state index is 0.0769. The maximum atomic E-state index is 10.6. The molecule has 198 valence electrons. The third kappa shape index (κ3) is 8.78. The highest BCUT2D eigenvalue weighted by Gasteiger charge is 2.41. The minimum Gasteiger partial charge on any atom is -0.493 e. The molecule has 0 saturated carbocycles. The number of aliphatic hydroxyl groups is 1. The van der Waals surface area contributed by atoms with Crippen molar-refractivity contribution >= 4 is 23.5 Å². The van der Waals surface area contributed by atoms with E-state index in [1.807, 2.05) is 24.3 Å². The van der Waals surface area contributed by atoms with Gasteiger partial charge in [0.05, 0.1) is 11.2 Å². The van der Waals surface area contributed by atoms with Crippen molar-refractivity contribution in [3.05, 3.63) is 71.3 Å². The Morgan fingerprint density at radius 2 is 1.78 bits per heavy atom. The average Bonchev–Trinajstić information content (AvgIpc) is 2.90. The molecule has 0 spiro atoms. The summed E-state index contributed by atoms with van der Waals surface area (Å²) >= 11 is 4.17. The number of rotatable bonds is 14. The molecule has 2 aromatic rings. The van der Waals surface area contributed by atoms with E-state index in [1.54, 1.807) is 7.11 Å². The molecule has 0 amide bonds. The molecule has 0 bridgehead atoms. The molecule has 3 rings (SSSR count). The third-order valence-corrected chi connectivity index (χ3v) is 10.7. The van der Waals surface area contributed by atoms with Gasteiger partial charge in [0.2, 0.25) is 0 Å². The summed E-state index contributed by atoms with van der Waals surface area (Å²) in [5.74, 6) is 4.79. The van der Waals surface area contributed by atoms with Crippen LogP contribution in [0.5, 0.6) is 11.5 Å². The molecular weight excluding hydrogens is 484 g/mol. The summed E-state index contributed by atoms with van der Waals surface area (Å²) in [6.45, 7) is 7.46. The standard InChI is InChI=1S/C31H44O3S2/c1-24(2)10-8-11-25(3)16-17-31(35-18-9-19-36-31)28(22-32)20-27-14-15-29(30(21-27)33-4)34-23-26-12-6-5-7-13-26/h5-7,10,12-15,21,25,28,32H,8-9,11,16-20,22-23H2,1-4H3/t25-,28?/m0/s1. The summed E-state index contributed by atoms with van der Waals surface area (Å²) in [4.78, 5) is 0. The van der Waals surface area contributed by atoms with Gasteiger partial charge in [-0.25, -0.2) is 0 Å². The van der Waals surface area contributed by atoms with Crippen LogP contribution in [0.2, 0.25) is 0 Å². The Morgan fingerprint density at radius 1 is 1.03 bits per heavy atom. The van der Waals surface area contributed by atoms with Crippen LogP contribution in [-0.4, -0.2) is 34.4 Å². The van der Waals surface area contributed by atoms with E-state index < -0.39 is 0 Å². The molecule has 1 unspecified atom stereocenters. The first-order chi connectivity index (χ1) is 17.5. The Kier molecular flexibility index (Phi) is 12.1. The predicted octanol–water partition coefficient (Wildman–Crippen LogP) is 8.15. The third-order valence-electron chi connectivity index (χ3n) is 6.97. The Balaban J connectivity index is 1.67. The normalized spacial score (nSPS) is 16.7. The van der Waals surface area contributed by atoms with Crippen molar-refractivity contribution in [2.75, 3.05) is 25.2 Å². The van der Waals surface area contributed by atoms with Crippen molar-refractivity contribution in [3.63, 3.8) is 0 Å². The Labute approximate surface area is 227 Å². The fraction of sp³-hybridized carbons (Fsp3) is 0.548. The van der Waals surface area contributed by atoms with Gasteiger partial charge in [-0.15, -0.1) is 23.5 Å². The molecule has 2 aromatic carbocycles. The molecule has 2 atom stereocenters. The van der Waals surface area contributed by atoms with Crippen LogP contribution < -0.4 is 9.47 Å². The number of ether oxygens (including phenoxy) is 2. The van der Waals surface area contributed by atoms with Gasteiger partial charge in [0.25, 0.3) is 0 Å². The largest absolute Gasteiger partial charge is 0.493 e. The van der Waals surface area contributed by atoms with Gasteiger partial charge in [0.1, 0.15) is 6.61 Å². The molecule has 0 aromatic heterocycles. The zero-order valence-electron chi connectivity index (χ0n) is 22.5. The summed E-state index contributed by atoms with van der Waals surface area (Å²) in [5, 5.41) is 10.6. The first-order valence-electron chi connectivity index (χ1n) is 13.3. The van der Waals surface area contributed by atoms with Gasteiger partial charge >= 0.3 is 0 Å². The average molecular weight is 529 g/mol. The molecule has 1 N–H and O–H groups in total. The topological polar surface area (TPSA) is 38.7 Å². The molecule has 1 aliphatic heterocycles. The number of aliphatic hydroxyl groups excluding tert-OH is 1. The van der Waals surface area contributed by atoms with Crippen molar-refractivity contribution in [2.24, 2.45) is 11.8 Å². The van der Waals surface area contributed by atoms with Crippen LogP contribution in [0.3, 0.4) is 0 Å². The van der Waals surface area contributed by atoms with Gasteiger partial charge in [-0.3, -0.25) is 0 Å². The van der Waals surface area contributed by atoms with E-state index in [9.17, 15) is 5.11 Å². The first-order valence-corrected chi connectivity index (χ1v) is 15.3. The van der Waals surface area contributed by atoms with Gasteiger partial charge in [-0.1, -0.05) is 55.0 Å². The number of thioether (sulfide) groups is 2. The molecule has 1 saturated heterocycles. The fourth-order valence-electron chi connectivity index (χ4n) is 4.76. The van der Waals surface area contributed by atoms with Crippen LogP contribution >= 0.6 is 23.5 Å². The second kappa shape index (κ2) is 15.0. The van der Waals surface area contributed by atoms with Crippen molar-refractivity contribution in [3.8, 4) is 11.5 Å². The number of allylic oxidation sites excluding steroid dienone is 2. The molecular formula is C31H44O3S2. The molecule has 0 aliphatic carbocycles. The van der Waals surface area contributed by atoms with Gasteiger partial charge in [0.15, 0.2) is 11.5 Å². The van der Waals surface area contributed by atoms with Crippen LogP contribution in [0.1, 0.15) is 64.0 Å². The Hall–Kier alpha value is -1.56. The van der Waals surface area contributed by atoms with Crippen molar-refractivity contribution < 1.29 is 14.6 Å². The monoisotopic (exact) mass is 528 g/mol. The van der Waals surface area contributed by atoms with Gasteiger partial charge in [-0.2, -0.15) is 0 Å². The molecule has 5 heteroatoms. The highest BCUT2D eigenvalue weighted by molar-refractivity contribution is 8.18. The maximum Gasteiger partial charge on any atom is 0.161 e. The summed E-state index contributed by atoms with van der Waals surface area (Å²) in [5.41, 5.74) is 3.73. The Bertz CT molecular complexity index is 934. The van der Waals surface area contributed by atoms with Crippen LogP contribution in [-0.2, 0) is 13.0 Å². The lowest BCUT2D eigenvalue weighted by Crippen LogP contribution is -2.38. The SMILES string of the molecule is COc1cc(CC(CO)C2(CC[C@@H](C)CCC=C(C)C)SCCCS2)ccc1OCc1ccccc1. The zero-order valence-corrected chi connectivity index (χ0v) is 24.1. The van der Waals surface area contributed by atoms with E-state index in [4.69, 9.17) is 9.47 Å². The number of hydrogen-bond donors (Lipinski definition) is 1. The number of benzene rings is 2. The van der Waals surface area contributed by atoms with Crippen molar-refractivity contribution in [1.29, 1.82) is 0 Å². The van der Waals surface area contributed by atoms with E-state index in [2.05, 4.69) is 74.6 Å². The summed E-state index contributed by atoms with van der Waals surface area (Å²) < 4.78 is 11.8. The van der Waals surface area contributed by atoms with Gasteiger partial charge in [-0.05, 0) is 93.1 Å². The van der Waals surface area contributed by atoms with Crippen LogP contribution in [0.15, 0.2) is 60.2 Å². The lowest BCUT2D eigenvalue weighted by Gasteiger charge is -2.42. The number of methoxy groups -OCH3 is 1. The van der Waals surface area contributed by atoms with Crippen molar-refractivity contribution in [1.82, 2.24) is 0 Å². The molecule has 36 heavy (non-hydrogen) atoms. The minimum atomic E-state index is 0.0769. The maximum absolute atomic E-state index is 10.6. The molecule has 0 radical (unpaired) electrons. The summed E-state index contributed by atoms with van der Waals surface area (Å²) in [6, 6.07) is 16.4. The summed E-state index contributed by atoms with van der Waals surface area (Å²) in [7, 11) is 1.70. The highest BCUT2D eigenvalue weighted by Crippen LogP contribution is 2.52.